The summed E-state index contributed by atoms with van der Waals surface area (Å²) in [5.74, 6) is 1.63. The summed E-state index contributed by atoms with van der Waals surface area (Å²) in [7, 11) is 0. The van der Waals surface area contributed by atoms with Crippen LogP contribution in [-0.2, 0) is 0 Å². The lowest BCUT2D eigenvalue weighted by Gasteiger charge is -2.21. The van der Waals surface area contributed by atoms with Crippen LogP contribution < -0.4 is 9.78 Å². The molecule has 0 saturated carbocycles. The maximum absolute atomic E-state index is 5.46. The largest absolute Gasteiger partial charge is 0.289 e. The van der Waals surface area contributed by atoms with Gasteiger partial charge < -0.3 is 0 Å². The SMILES string of the molecule is c1ccc2cc3c4c5ccccc5c(c3cc2c1)OO4. The number of rotatable bonds is 0. The third-order valence-electron chi connectivity index (χ3n) is 4.00. The van der Waals surface area contributed by atoms with Crippen LogP contribution in [0, 0.1) is 0 Å². The second-order valence-corrected chi connectivity index (χ2v) is 5.12. The first-order chi connectivity index (χ1) is 9.92. The molecule has 2 bridgehead atoms. The van der Waals surface area contributed by atoms with Crippen molar-refractivity contribution in [1.29, 1.82) is 0 Å². The molecule has 2 heterocycles. The normalized spacial score (nSPS) is 12.8. The number of hydrogen-bond donors (Lipinski definition) is 0. The van der Waals surface area contributed by atoms with E-state index in [1.54, 1.807) is 0 Å². The van der Waals surface area contributed by atoms with Gasteiger partial charge in [-0.3, -0.25) is 9.78 Å². The molecule has 6 rings (SSSR count). The Morgan fingerprint density at radius 3 is 1.45 bits per heavy atom. The maximum atomic E-state index is 5.46. The molecule has 2 heteroatoms. The summed E-state index contributed by atoms with van der Waals surface area (Å²) in [5, 5.41) is 6.88. The van der Waals surface area contributed by atoms with Gasteiger partial charge in [-0.25, -0.2) is 0 Å². The molecule has 0 unspecified atom stereocenters. The third kappa shape index (κ3) is 1.14. The van der Waals surface area contributed by atoms with Gasteiger partial charge in [0.15, 0.2) is 11.5 Å². The van der Waals surface area contributed by atoms with Gasteiger partial charge in [-0.05, 0) is 22.9 Å². The van der Waals surface area contributed by atoms with E-state index >= 15 is 0 Å². The standard InChI is InChI=1S/C18H10O2/c1-2-6-12-10-16-15(9-11(12)5-1)17-13-7-3-4-8-14(13)18(16)20-19-17/h1-10H. The van der Waals surface area contributed by atoms with Crippen molar-refractivity contribution < 1.29 is 9.78 Å². The lowest BCUT2D eigenvalue weighted by atomic mass is 9.97. The predicted molar refractivity (Wildman–Crippen MR) is 80.2 cm³/mol. The van der Waals surface area contributed by atoms with E-state index in [2.05, 4.69) is 48.5 Å². The van der Waals surface area contributed by atoms with Crippen LogP contribution >= 0.6 is 0 Å². The van der Waals surface area contributed by atoms with Crippen molar-refractivity contribution >= 4 is 32.3 Å². The molecule has 0 aliphatic carbocycles. The van der Waals surface area contributed by atoms with Gasteiger partial charge in [0.05, 0.1) is 0 Å². The third-order valence-corrected chi connectivity index (χ3v) is 4.00. The molecule has 2 aliphatic heterocycles. The van der Waals surface area contributed by atoms with Gasteiger partial charge in [-0.15, -0.1) is 0 Å². The number of benzene rings is 4. The monoisotopic (exact) mass is 258 g/mol. The molecule has 0 fully saturated rings. The fraction of sp³-hybridized carbons (Fsp3) is 0. The highest BCUT2D eigenvalue weighted by Crippen LogP contribution is 2.47. The van der Waals surface area contributed by atoms with E-state index in [1.807, 2.05) is 12.1 Å². The molecule has 0 amide bonds. The zero-order chi connectivity index (χ0) is 13.1. The number of fused-ring (bicyclic) bond motifs is 2. The predicted octanol–water partition coefficient (Wildman–Crippen LogP) is 4.83. The fourth-order valence-corrected chi connectivity index (χ4v) is 3.05. The number of hydrogen-bond acceptors (Lipinski definition) is 2. The maximum Gasteiger partial charge on any atom is 0.194 e. The molecule has 94 valence electrons. The zero-order valence-corrected chi connectivity index (χ0v) is 10.6. The van der Waals surface area contributed by atoms with E-state index in [0.29, 0.717) is 0 Å². The van der Waals surface area contributed by atoms with Gasteiger partial charge in [0.25, 0.3) is 0 Å². The van der Waals surface area contributed by atoms with Crippen molar-refractivity contribution in [3.8, 4) is 11.5 Å². The van der Waals surface area contributed by atoms with Crippen LogP contribution in [0.3, 0.4) is 0 Å². The summed E-state index contributed by atoms with van der Waals surface area (Å²) >= 11 is 0. The second-order valence-electron chi connectivity index (χ2n) is 5.12. The lowest BCUT2D eigenvalue weighted by Crippen LogP contribution is -2.08. The molecule has 0 radical (unpaired) electrons. The summed E-state index contributed by atoms with van der Waals surface area (Å²) in [6.07, 6.45) is 0. The highest BCUT2D eigenvalue weighted by atomic mass is 17.2. The zero-order valence-electron chi connectivity index (χ0n) is 10.6. The van der Waals surface area contributed by atoms with Crippen LogP contribution in [0.5, 0.6) is 11.5 Å². The van der Waals surface area contributed by atoms with Crippen molar-refractivity contribution in [3.63, 3.8) is 0 Å². The first-order valence-electron chi connectivity index (χ1n) is 6.63. The Morgan fingerprint density at radius 2 is 0.950 bits per heavy atom. The van der Waals surface area contributed by atoms with Crippen molar-refractivity contribution in [3.05, 3.63) is 60.7 Å². The molecule has 4 aromatic carbocycles. The Hall–Kier alpha value is -2.74. The average molecular weight is 258 g/mol. The van der Waals surface area contributed by atoms with Crippen molar-refractivity contribution in [2.24, 2.45) is 0 Å². The molecule has 2 aliphatic rings. The summed E-state index contributed by atoms with van der Waals surface area (Å²) in [6.45, 7) is 0. The molecule has 20 heavy (non-hydrogen) atoms. The molecule has 0 N–H and O–H groups in total. The van der Waals surface area contributed by atoms with Gasteiger partial charge in [0.2, 0.25) is 0 Å². The summed E-state index contributed by atoms with van der Waals surface area (Å²) in [6, 6.07) is 20.9. The first-order valence-corrected chi connectivity index (χ1v) is 6.63. The molecule has 0 saturated heterocycles. The van der Waals surface area contributed by atoms with Crippen molar-refractivity contribution in [2.45, 2.75) is 0 Å². The van der Waals surface area contributed by atoms with Gasteiger partial charge in [-0.1, -0.05) is 48.5 Å². The van der Waals surface area contributed by atoms with Crippen LogP contribution in [0.15, 0.2) is 60.7 Å². The molecular weight excluding hydrogens is 248 g/mol. The van der Waals surface area contributed by atoms with Crippen LogP contribution in [0.2, 0.25) is 0 Å². The molecule has 0 aromatic heterocycles. The van der Waals surface area contributed by atoms with E-state index in [0.717, 1.165) is 33.0 Å². The summed E-state index contributed by atoms with van der Waals surface area (Å²) < 4.78 is 0. The molecule has 4 aromatic rings. The Bertz CT molecular complexity index is 921. The van der Waals surface area contributed by atoms with E-state index in [4.69, 9.17) is 9.78 Å². The smallest absolute Gasteiger partial charge is 0.194 e. The van der Waals surface area contributed by atoms with E-state index in [-0.39, 0.29) is 0 Å². The van der Waals surface area contributed by atoms with Crippen LogP contribution in [0.1, 0.15) is 0 Å². The van der Waals surface area contributed by atoms with Crippen LogP contribution in [0.25, 0.3) is 32.3 Å². The Morgan fingerprint density at radius 1 is 0.500 bits per heavy atom. The Balaban J connectivity index is 2.10. The minimum absolute atomic E-state index is 0.816. The van der Waals surface area contributed by atoms with E-state index in [9.17, 15) is 0 Å². The Labute approximate surface area is 115 Å². The minimum atomic E-state index is 0.816. The first kappa shape index (κ1) is 10.1. The fourth-order valence-electron chi connectivity index (χ4n) is 3.05. The summed E-state index contributed by atoms with van der Waals surface area (Å²) in [4.78, 5) is 10.9. The van der Waals surface area contributed by atoms with Crippen LogP contribution in [0.4, 0.5) is 0 Å². The quantitative estimate of drug-likeness (QED) is 0.332. The molecule has 0 spiro atoms. The van der Waals surface area contributed by atoms with Gasteiger partial charge in [-0.2, -0.15) is 0 Å². The average Bonchev–Trinajstić information content (AvgIpc) is 2.53. The Kier molecular flexibility index (Phi) is 1.73. The van der Waals surface area contributed by atoms with E-state index in [1.165, 1.54) is 10.8 Å². The second kappa shape index (κ2) is 3.42. The van der Waals surface area contributed by atoms with Crippen molar-refractivity contribution in [2.75, 3.05) is 0 Å². The van der Waals surface area contributed by atoms with E-state index < -0.39 is 0 Å². The topological polar surface area (TPSA) is 18.5 Å². The highest BCUT2D eigenvalue weighted by Gasteiger charge is 2.23. The van der Waals surface area contributed by atoms with Gasteiger partial charge >= 0.3 is 0 Å². The highest BCUT2D eigenvalue weighted by molar-refractivity contribution is 6.15. The summed E-state index contributed by atoms with van der Waals surface area (Å²) in [5.41, 5.74) is 0. The van der Waals surface area contributed by atoms with Gasteiger partial charge in [0, 0.05) is 21.5 Å². The van der Waals surface area contributed by atoms with Crippen molar-refractivity contribution in [1.82, 2.24) is 0 Å². The molecule has 0 atom stereocenters. The molecule has 2 nitrogen and oxygen atoms in total. The van der Waals surface area contributed by atoms with Gasteiger partial charge in [0.1, 0.15) is 0 Å². The lowest BCUT2D eigenvalue weighted by molar-refractivity contribution is -0.0982. The molecular formula is C18H10O2. The minimum Gasteiger partial charge on any atom is -0.289 e. The van der Waals surface area contributed by atoms with Crippen LogP contribution in [-0.4, -0.2) is 0 Å².